The van der Waals surface area contributed by atoms with Gasteiger partial charge < -0.3 is 5.32 Å². The number of hydrogen-bond acceptors (Lipinski definition) is 2. The smallest absolute Gasteiger partial charge is 0.254 e. The monoisotopic (exact) mass is 317 g/mol. The van der Waals surface area contributed by atoms with Gasteiger partial charge in [-0.15, -0.1) is 0 Å². The van der Waals surface area contributed by atoms with Gasteiger partial charge in [-0.25, -0.2) is 4.39 Å². The molecule has 1 aromatic rings. The summed E-state index contributed by atoms with van der Waals surface area (Å²) in [7, 11) is 0. The normalized spacial score (nSPS) is 16.6. The number of carbonyl (C=O) groups is 1. The molecule has 0 saturated heterocycles. The first-order valence-corrected chi connectivity index (χ1v) is 7.36. The average molecular weight is 318 g/mol. The van der Waals surface area contributed by atoms with Crippen molar-refractivity contribution in [1.29, 1.82) is 0 Å². The molecule has 1 aliphatic carbocycles. The molecule has 2 nitrogen and oxygen atoms in total. The highest BCUT2D eigenvalue weighted by molar-refractivity contribution is 9.10. The summed E-state index contributed by atoms with van der Waals surface area (Å²) >= 11 is 5.00. The van der Waals surface area contributed by atoms with Gasteiger partial charge in [-0.2, -0.15) is 11.8 Å². The zero-order chi connectivity index (χ0) is 12.5. The van der Waals surface area contributed by atoms with E-state index in [-0.39, 0.29) is 16.2 Å². The van der Waals surface area contributed by atoms with Crippen molar-refractivity contribution in [2.45, 2.75) is 17.6 Å². The summed E-state index contributed by atoms with van der Waals surface area (Å²) in [6.07, 6.45) is 4.28. The lowest BCUT2D eigenvalue weighted by Gasteiger charge is -2.13. The highest BCUT2D eigenvalue weighted by Crippen LogP contribution is 2.46. The van der Waals surface area contributed by atoms with Gasteiger partial charge in [0.2, 0.25) is 0 Å². The van der Waals surface area contributed by atoms with E-state index in [9.17, 15) is 9.18 Å². The van der Waals surface area contributed by atoms with E-state index in [1.54, 1.807) is 17.8 Å². The van der Waals surface area contributed by atoms with E-state index in [0.29, 0.717) is 11.0 Å². The predicted molar refractivity (Wildman–Crippen MR) is 71.9 cm³/mol. The third kappa shape index (κ3) is 3.01. The van der Waals surface area contributed by atoms with Gasteiger partial charge in [0.05, 0.1) is 5.56 Å². The molecule has 1 amide bonds. The van der Waals surface area contributed by atoms with Crippen LogP contribution in [0.5, 0.6) is 0 Å². The van der Waals surface area contributed by atoms with Crippen molar-refractivity contribution in [3.05, 3.63) is 34.1 Å². The van der Waals surface area contributed by atoms with Crippen molar-refractivity contribution >= 4 is 33.6 Å². The molecule has 0 radical (unpaired) electrons. The van der Waals surface area contributed by atoms with E-state index >= 15 is 0 Å². The van der Waals surface area contributed by atoms with E-state index in [1.165, 1.54) is 12.1 Å². The van der Waals surface area contributed by atoms with E-state index in [4.69, 9.17) is 0 Å². The van der Waals surface area contributed by atoms with Crippen molar-refractivity contribution < 1.29 is 9.18 Å². The quantitative estimate of drug-likeness (QED) is 0.923. The largest absolute Gasteiger partial charge is 0.351 e. The van der Waals surface area contributed by atoms with Gasteiger partial charge in [0.15, 0.2) is 0 Å². The van der Waals surface area contributed by atoms with Crippen LogP contribution >= 0.6 is 27.7 Å². The molecule has 5 heteroatoms. The van der Waals surface area contributed by atoms with Crippen molar-refractivity contribution in [2.24, 2.45) is 0 Å². The Labute approximate surface area is 112 Å². The summed E-state index contributed by atoms with van der Waals surface area (Å²) in [5.74, 6) is -0.830. The Kier molecular flexibility index (Phi) is 3.78. The Morgan fingerprint density at radius 3 is 2.88 bits per heavy atom. The van der Waals surface area contributed by atoms with Crippen molar-refractivity contribution in [3.63, 3.8) is 0 Å². The van der Waals surface area contributed by atoms with Gasteiger partial charge in [-0.1, -0.05) is 15.9 Å². The first-order chi connectivity index (χ1) is 8.06. The summed E-state index contributed by atoms with van der Waals surface area (Å²) in [5.41, 5.74) is 0.0938. The van der Waals surface area contributed by atoms with Crippen LogP contribution in [0.15, 0.2) is 22.7 Å². The summed E-state index contributed by atoms with van der Waals surface area (Å²) in [5, 5.41) is 2.80. The van der Waals surface area contributed by atoms with Gasteiger partial charge in [0, 0.05) is 15.8 Å². The third-order valence-corrected chi connectivity index (χ3v) is 4.90. The molecule has 0 aliphatic heterocycles. The number of benzene rings is 1. The van der Waals surface area contributed by atoms with E-state index in [1.807, 2.05) is 6.26 Å². The van der Waals surface area contributed by atoms with Crippen molar-refractivity contribution in [1.82, 2.24) is 5.32 Å². The lowest BCUT2D eigenvalue weighted by Crippen LogP contribution is -2.32. The number of hydrogen-bond donors (Lipinski definition) is 1. The fraction of sp³-hybridized carbons (Fsp3) is 0.417. The molecule has 1 fully saturated rings. The molecular weight excluding hydrogens is 305 g/mol. The summed E-state index contributed by atoms with van der Waals surface area (Å²) < 4.78 is 14.3. The van der Waals surface area contributed by atoms with Crippen molar-refractivity contribution in [2.75, 3.05) is 12.8 Å². The first kappa shape index (κ1) is 12.9. The van der Waals surface area contributed by atoms with Crippen LogP contribution in [0.2, 0.25) is 0 Å². The van der Waals surface area contributed by atoms with Crippen LogP contribution in [0.1, 0.15) is 23.2 Å². The number of rotatable bonds is 4. The van der Waals surface area contributed by atoms with Crippen LogP contribution in [-0.2, 0) is 0 Å². The van der Waals surface area contributed by atoms with Crippen molar-refractivity contribution in [3.8, 4) is 0 Å². The minimum absolute atomic E-state index is 0.0938. The second-order valence-corrected chi connectivity index (χ2v) is 6.38. The second-order valence-electron chi connectivity index (χ2n) is 4.19. The Morgan fingerprint density at radius 2 is 2.29 bits per heavy atom. The summed E-state index contributed by atoms with van der Waals surface area (Å²) in [6.45, 7) is 0.610. The molecule has 0 heterocycles. The lowest BCUT2D eigenvalue weighted by atomic mass is 10.2. The van der Waals surface area contributed by atoms with Gasteiger partial charge in [0.25, 0.3) is 5.91 Å². The zero-order valence-electron chi connectivity index (χ0n) is 9.43. The Hall–Kier alpha value is -0.550. The van der Waals surface area contributed by atoms with Crippen LogP contribution in [-0.4, -0.2) is 23.5 Å². The third-order valence-electron chi connectivity index (χ3n) is 2.98. The maximum atomic E-state index is 13.5. The molecular formula is C12H13BrFNOS. The molecule has 0 bridgehead atoms. The second kappa shape index (κ2) is 4.98. The lowest BCUT2D eigenvalue weighted by molar-refractivity contribution is 0.0949. The molecule has 17 heavy (non-hydrogen) atoms. The molecule has 92 valence electrons. The standard InChI is InChI=1S/C12H13BrFNOS/c1-17-12(4-5-12)7-15-11(16)9-6-8(13)2-3-10(9)14/h2-3,6H,4-5,7H2,1H3,(H,15,16). The van der Waals surface area contributed by atoms with E-state index in [2.05, 4.69) is 21.2 Å². The SMILES string of the molecule is CSC1(CNC(=O)c2cc(Br)ccc2F)CC1. The highest BCUT2D eigenvalue weighted by Gasteiger charge is 2.42. The van der Waals surface area contributed by atoms with Gasteiger partial charge in [-0.05, 0) is 37.3 Å². The van der Waals surface area contributed by atoms with Gasteiger partial charge in [0.1, 0.15) is 5.82 Å². The van der Waals surface area contributed by atoms with Crippen LogP contribution in [0.3, 0.4) is 0 Å². The van der Waals surface area contributed by atoms with Crippen LogP contribution < -0.4 is 5.32 Å². The molecule has 1 aromatic carbocycles. The predicted octanol–water partition coefficient (Wildman–Crippen LogP) is 3.21. The van der Waals surface area contributed by atoms with Gasteiger partial charge in [-0.3, -0.25) is 4.79 Å². The zero-order valence-corrected chi connectivity index (χ0v) is 11.8. The first-order valence-electron chi connectivity index (χ1n) is 5.35. The minimum Gasteiger partial charge on any atom is -0.351 e. The maximum absolute atomic E-state index is 13.5. The van der Waals surface area contributed by atoms with Crippen LogP contribution in [0, 0.1) is 5.82 Å². The highest BCUT2D eigenvalue weighted by atomic mass is 79.9. The molecule has 0 aromatic heterocycles. The minimum atomic E-state index is -0.486. The van der Waals surface area contributed by atoms with E-state index in [0.717, 1.165) is 12.8 Å². The molecule has 1 aliphatic rings. The summed E-state index contributed by atoms with van der Waals surface area (Å²) in [4.78, 5) is 11.8. The van der Waals surface area contributed by atoms with Gasteiger partial charge >= 0.3 is 0 Å². The fourth-order valence-corrected chi connectivity index (χ4v) is 2.69. The van der Waals surface area contributed by atoms with Crippen LogP contribution in [0.25, 0.3) is 0 Å². The number of nitrogens with one attached hydrogen (secondary N) is 1. The molecule has 2 rings (SSSR count). The molecule has 0 atom stereocenters. The average Bonchev–Trinajstić information content (AvgIpc) is 3.10. The fourth-order valence-electron chi connectivity index (χ4n) is 1.60. The Balaban J connectivity index is 2.02. The van der Waals surface area contributed by atoms with E-state index < -0.39 is 5.82 Å². The number of halogens is 2. The van der Waals surface area contributed by atoms with Crippen LogP contribution in [0.4, 0.5) is 4.39 Å². The maximum Gasteiger partial charge on any atom is 0.254 e. The number of thioether (sulfide) groups is 1. The topological polar surface area (TPSA) is 29.1 Å². The number of amides is 1. The summed E-state index contributed by atoms with van der Waals surface area (Å²) in [6, 6.07) is 4.38. The molecule has 1 N–H and O–H groups in total. The Morgan fingerprint density at radius 1 is 1.59 bits per heavy atom. The molecule has 0 unspecified atom stereocenters. The number of carbonyl (C=O) groups excluding carboxylic acids is 1. The molecule has 1 saturated carbocycles. The Bertz CT molecular complexity index is 448. The molecule has 0 spiro atoms.